The molecule has 1 nitrogen and oxygen atoms in total. The van der Waals surface area contributed by atoms with Gasteiger partial charge in [-0.3, -0.25) is 0 Å². The van der Waals surface area contributed by atoms with Crippen LogP contribution in [0.5, 0.6) is 5.75 Å². The molecule has 0 fully saturated rings. The highest BCUT2D eigenvalue weighted by Crippen LogP contribution is 2.25. The Morgan fingerprint density at radius 1 is 1.27 bits per heavy atom. The smallest absolute Gasteiger partial charge is 0.123 e. The number of ether oxygens (including phenoxy) is 1. The van der Waals surface area contributed by atoms with Gasteiger partial charge in [-0.05, 0) is 57.9 Å². The lowest BCUT2D eigenvalue weighted by atomic mass is 10.1. The Hall–Kier alpha value is -1.24. The third-order valence-corrected chi connectivity index (χ3v) is 2.08. The molecule has 0 saturated carbocycles. The summed E-state index contributed by atoms with van der Waals surface area (Å²) < 4.78 is 5.84. The molecule has 0 unspecified atom stereocenters. The Morgan fingerprint density at radius 2 is 1.87 bits per heavy atom. The Kier molecular flexibility index (Phi) is 3.23. The van der Waals surface area contributed by atoms with Crippen LogP contribution in [0.2, 0.25) is 0 Å². The van der Waals surface area contributed by atoms with Crippen molar-refractivity contribution >= 4 is 5.57 Å². The van der Waals surface area contributed by atoms with Gasteiger partial charge in [-0.25, -0.2) is 0 Å². The van der Waals surface area contributed by atoms with E-state index in [2.05, 4.69) is 46.4 Å². The number of rotatable bonds is 2. The zero-order valence-electron chi connectivity index (χ0n) is 10.3. The van der Waals surface area contributed by atoms with Crippen molar-refractivity contribution in [3.63, 3.8) is 0 Å². The molecule has 82 valence electrons. The van der Waals surface area contributed by atoms with Gasteiger partial charge in [0.25, 0.3) is 0 Å². The number of aryl methyl sites for hydroxylation is 1. The lowest BCUT2D eigenvalue weighted by Gasteiger charge is -2.22. The van der Waals surface area contributed by atoms with E-state index in [4.69, 9.17) is 4.74 Å². The maximum atomic E-state index is 5.84. The van der Waals surface area contributed by atoms with E-state index in [1.165, 1.54) is 5.56 Å². The van der Waals surface area contributed by atoms with E-state index in [9.17, 15) is 0 Å². The Bertz CT molecular complexity index is 369. The molecule has 1 aromatic rings. The fraction of sp³-hybridized carbons (Fsp3) is 0.429. The summed E-state index contributed by atoms with van der Waals surface area (Å²) in [5.74, 6) is 0.951. The molecule has 0 heterocycles. The maximum absolute atomic E-state index is 5.84. The molecule has 1 heteroatoms. The molecule has 1 aromatic carbocycles. The second-order valence-electron chi connectivity index (χ2n) is 4.98. The molecule has 0 aromatic heterocycles. The second kappa shape index (κ2) is 4.09. The van der Waals surface area contributed by atoms with Gasteiger partial charge in [0, 0.05) is 0 Å². The molecule has 0 bridgehead atoms. The minimum Gasteiger partial charge on any atom is -0.488 e. The lowest BCUT2D eigenvalue weighted by Crippen LogP contribution is -2.23. The van der Waals surface area contributed by atoms with E-state index in [0.717, 1.165) is 16.9 Å². The molecule has 0 aliphatic heterocycles. The summed E-state index contributed by atoms with van der Waals surface area (Å²) in [5.41, 5.74) is 3.27. The van der Waals surface area contributed by atoms with Crippen molar-refractivity contribution in [1.82, 2.24) is 0 Å². The molecule has 15 heavy (non-hydrogen) atoms. The molecule has 0 amide bonds. The first-order chi connectivity index (χ1) is 6.79. The zero-order valence-corrected chi connectivity index (χ0v) is 10.3. The fourth-order valence-corrected chi connectivity index (χ4v) is 1.36. The van der Waals surface area contributed by atoms with Gasteiger partial charge in [0.15, 0.2) is 0 Å². The largest absolute Gasteiger partial charge is 0.488 e. The highest BCUT2D eigenvalue weighted by atomic mass is 16.5. The summed E-state index contributed by atoms with van der Waals surface area (Å²) in [5, 5.41) is 0. The molecule has 0 aliphatic carbocycles. The van der Waals surface area contributed by atoms with Crippen LogP contribution in [-0.4, -0.2) is 5.60 Å². The van der Waals surface area contributed by atoms with Crippen molar-refractivity contribution in [3.05, 3.63) is 35.9 Å². The zero-order chi connectivity index (χ0) is 11.6. The van der Waals surface area contributed by atoms with E-state index in [0.29, 0.717) is 0 Å². The fourth-order valence-electron chi connectivity index (χ4n) is 1.36. The number of allylic oxidation sites excluding steroid dienone is 1. The molecule has 0 atom stereocenters. The standard InChI is InChI=1S/C14H20O/c1-10(2)12-7-8-13(11(3)9-12)15-14(4,5)6/h7-9H,1H2,2-6H3. The Balaban J connectivity index is 2.99. The van der Waals surface area contributed by atoms with Gasteiger partial charge in [-0.2, -0.15) is 0 Å². The molecule has 0 aliphatic rings. The van der Waals surface area contributed by atoms with Crippen LogP contribution in [0.4, 0.5) is 0 Å². The maximum Gasteiger partial charge on any atom is 0.123 e. The molecule has 0 spiro atoms. The van der Waals surface area contributed by atoms with Crippen LogP contribution in [0.25, 0.3) is 5.57 Å². The van der Waals surface area contributed by atoms with Crippen LogP contribution in [0, 0.1) is 6.92 Å². The third kappa shape index (κ3) is 3.43. The SMILES string of the molecule is C=C(C)c1ccc(OC(C)(C)C)c(C)c1. The van der Waals surface area contributed by atoms with Crippen molar-refractivity contribution in [2.45, 2.75) is 40.2 Å². The van der Waals surface area contributed by atoms with Crippen LogP contribution >= 0.6 is 0 Å². The minimum atomic E-state index is -0.143. The van der Waals surface area contributed by atoms with Gasteiger partial charge < -0.3 is 4.74 Å². The molecular formula is C14H20O. The lowest BCUT2D eigenvalue weighted by molar-refractivity contribution is 0.130. The quantitative estimate of drug-likeness (QED) is 0.701. The van der Waals surface area contributed by atoms with E-state index < -0.39 is 0 Å². The third-order valence-electron chi connectivity index (χ3n) is 2.08. The van der Waals surface area contributed by atoms with Crippen LogP contribution in [0.3, 0.4) is 0 Å². The summed E-state index contributed by atoms with van der Waals surface area (Å²) in [6, 6.07) is 6.18. The van der Waals surface area contributed by atoms with Crippen molar-refractivity contribution in [1.29, 1.82) is 0 Å². The van der Waals surface area contributed by atoms with Crippen LogP contribution in [0.15, 0.2) is 24.8 Å². The summed E-state index contributed by atoms with van der Waals surface area (Å²) in [7, 11) is 0. The predicted octanol–water partition coefficient (Wildman–Crippen LogP) is 4.21. The summed E-state index contributed by atoms with van der Waals surface area (Å²) >= 11 is 0. The summed E-state index contributed by atoms with van der Waals surface area (Å²) in [4.78, 5) is 0. The van der Waals surface area contributed by atoms with Gasteiger partial charge in [0.1, 0.15) is 11.4 Å². The summed E-state index contributed by atoms with van der Waals surface area (Å²) in [6.07, 6.45) is 0. The Morgan fingerprint density at radius 3 is 2.27 bits per heavy atom. The molecular weight excluding hydrogens is 184 g/mol. The van der Waals surface area contributed by atoms with Crippen LogP contribution in [-0.2, 0) is 0 Å². The van der Waals surface area contributed by atoms with Gasteiger partial charge >= 0.3 is 0 Å². The van der Waals surface area contributed by atoms with Crippen molar-refractivity contribution in [3.8, 4) is 5.75 Å². The highest BCUT2D eigenvalue weighted by Gasteiger charge is 2.13. The number of benzene rings is 1. The first kappa shape index (κ1) is 11.8. The first-order valence-electron chi connectivity index (χ1n) is 5.25. The van der Waals surface area contributed by atoms with E-state index in [-0.39, 0.29) is 5.60 Å². The summed E-state index contributed by atoms with van der Waals surface area (Å²) in [6.45, 7) is 14.2. The van der Waals surface area contributed by atoms with E-state index in [1.54, 1.807) is 0 Å². The molecule has 0 N–H and O–H groups in total. The van der Waals surface area contributed by atoms with Crippen molar-refractivity contribution in [2.75, 3.05) is 0 Å². The molecule has 1 rings (SSSR count). The van der Waals surface area contributed by atoms with E-state index >= 15 is 0 Å². The normalized spacial score (nSPS) is 11.3. The monoisotopic (exact) mass is 204 g/mol. The van der Waals surface area contributed by atoms with Crippen molar-refractivity contribution < 1.29 is 4.74 Å². The number of hydrogen-bond donors (Lipinski definition) is 0. The predicted molar refractivity (Wildman–Crippen MR) is 66.3 cm³/mol. The highest BCUT2D eigenvalue weighted by molar-refractivity contribution is 5.63. The topological polar surface area (TPSA) is 9.23 Å². The van der Waals surface area contributed by atoms with Crippen molar-refractivity contribution in [2.24, 2.45) is 0 Å². The van der Waals surface area contributed by atoms with Gasteiger partial charge in [-0.15, -0.1) is 0 Å². The number of hydrogen-bond acceptors (Lipinski definition) is 1. The first-order valence-corrected chi connectivity index (χ1v) is 5.25. The van der Waals surface area contributed by atoms with E-state index in [1.807, 2.05) is 13.0 Å². The average molecular weight is 204 g/mol. The molecule has 0 saturated heterocycles. The Labute approximate surface area is 92.8 Å². The van der Waals surface area contributed by atoms with Crippen LogP contribution < -0.4 is 4.74 Å². The average Bonchev–Trinajstić information content (AvgIpc) is 2.05. The van der Waals surface area contributed by atoms with Crippen LogP contribution in [0.1, 0.15) is 38.8 Å². The second-order valence-corrected chi connectivity index (χ2v) is 4.98. The molecule has 0 radical (unpaired) electrons. The van der Waals surface area contributed by atoms with Gasteiger partial charge in [0.05, 0.1) is 0 Å². The van der Waals surface area contributed by atoms with Gasteiger partial charge in [-0.1, -0.05) is 18.2 Å². The minimum absolute atomic E-state index is 0.143. The van der Waals surface area contributed by atoms with Gasteiger partial charge in [0.2, 0.25) is 0 Å².